The number of benzene rings is 1. The summed E-state index contributed by atoms with van der Waals surface area (Å²) < 4.78 is 0. The molecule has 1 amide bonds. The van der Waals surface area contributed by atoms with Crippen LogP contribution >= 0.6 is 0 Å². The van der Waals surface area contributed by atoms with Crippen molar-refractivity contribution >= 4 is 17.5 Å². The largest absolute Gasteiger partial charge is 0.506 e. The van der Waals surface area contributed by atoms with Crippen LogP contribution in [0.3, 0.4) is 0 Å². The lowest BCUT2D eigenvalue weighted by Gasteiger charge is -2.02. The molecular formula is C7H8N2O3. The van der Waals surface area contributed by atoms with Crippen LogP contribution in [0.25, 0.3) is 0 Å². The highest BCUT2D eigenvalue weighted by atomic mass is 16.4. The summed E-state index contributed by atoms with van der Waals surface area (Å²) in [6.45, 7) is 0. The van der Waals surface area contributed by atoms with E-state index in [0.717, 1.165) is 0 Å². The summed E-state index contributed by atoms with van der Waals surface area (Å²) in [6, 6.07) is 4.12. The van der Waals surface area contributed by atoms with Crippen LogP contribution in [0.1, 0.15) is 0 Å². The van der Waals surface area contributed by atoms with Crippen LogP contribution in [-0.2, 0) is 0 Å². The molecule has 5 N–H and O–H groups in total. The summed E-state index contributed by atoms with van der Waals surface area (Å²) in [6.07, 6.45) is -1.18. The third-order valence-electron chi connectivity index (χ3n) is 1.28. The van der Waals surface area contributed by atoms with Gasteiger partial charge in [-0.05, 0) is 12.1 Å². The van der Waals surface area contributed by atoms with Gasteiger partial charge in [0, 0.05) is 11.8 Å². The summed E-state index contributed by atoms with van der Waals surface area (Å²) in [5.74, 6) is -0.138. The number of anilines is 2. The van der Waals surface area contributed by atoms with Crippen molar-refractivity contribution in [3.8, 4) is 5.75 Å². The first kappa shape index (κ1) is 8.19. The summed E-state index contributed by atoms with van der Waals surface area (Å²) in [4.78, 5) is 10.1. The van der Waals surface area contributed by atoms with Gasteiger partial charge in [0.15, 0.2) is 0 Å². The summed E-state index contributed by atoms with van der Waals surface area (Å²) in [5, 5.41) is 19.4. The fraction of sp³-hybridized carbons (Fsp3) is 0. The molecule has 0 aliphatic rings. The van der Waals surface area contributed by atoms with Crippen molar-refractivity contribution in [2.75, 3.05) is 11.1 Å². The Labute approximate surface area is 68.4 Å². The van der Waals surface area contributed by atoms with E-state index in [1.807, 2.05) is 0 Å². The monoisotopic (exact) mass is 168 g/mol. The number of phenolic OH excluding ortho intramolecular Hbond substituents is 1. The van der Waals surface area contributed by atoms with Gasteiger partial charge in [0.05, 0.1) is 5.69 Å². The van der Waals surface area contributed by atoms with Crippen molar-refractivity contribution in [2.24, 2.45) is 0 Å². The molecule has 0 bridgehead atoms. The van der Waals surface area contributed by atoms with Gasteiger partial charge in [-0.1, -0.05) is 0 Å². The van der Waals surface area contributed by atoms with Crippen molar-refractivity contribution < 1.29 is 15.0 Å². The fourth-order valence-electron chi connectivity index (χ4n) is 0.745. The minimum absolute atomic E-state index is 0.138. The van der Waals surface area contributed by atoms with E-state index in [0.29, 0.717) is 0 Å². The quantitative estimate of drug-likeness (QED) is 0.372. The predicted octanol–water partition coefficient (Wildman–Crippen LogP) is 1.06. The van der Waals surface area contributed by atoms with Crippen LogP contribution in [-0.4, -0.2) is 16.3 Å². The van der Waals surface area contributed by atoms with Crippen LogP contribution in [0, 0.1) is 0 Å². The molecule has 1 aromatic carbocycles. The number of carboxylic acid groups (broad SMARTS) is 1. The second-order valence-electron chi connectivity index (χ2n) is 2.20. The van der Waals surface area contributed by atoms with Gasteiger partial charge in [-0.3, -0.25) is 5.32 Å². The van der Waals surface area contributed by atoms with Gasteiger partial charge < -0.3 is 15.9 Å². The summed E-state index contributed by atoms with van der Waals surface area (Å²) in [5.41, 5.74) is 5.79. The zero-order valence-corrected chi connectivity index (χ0v) is 6.11. The van der Waals surface area contributed by atoms with Crippen LogP contribution < -0.4 is 11.1 Å². The number of phenols is 1. The van der Waals surface area contributed by atoms with E-state index >= 15 is 0 Å². The first-order valence-electron chi connectivity index (χ1n) is 3.18. The van der Waals surface area contributed by atoms with Gasteiger partial charge in [0.1, 0.15) is 5.75 Å². The lowest BCUT2D eigenvalue weighted by Crippen LogP contribution is -2.06. The van der Waals surface area contributed by atoms with E-state index in [1.54, 1.807) is 0 Å². The molecule has 0 fully saturated rings. The number of rotatable bonds is 1. The predicted molar refractivity (Wildman–Crippen MR) is 44.2 cm³/mol. The molecule has 0 spiro atoms. The third kappa shape index (κ3) is 1.79. The molecule has 0 saturated carbocycles. The molecular weight excluding hydrogens is 160 g/mol. The van der Waals surface area contributed by atoms with Gasteiger partial charge in [-0.25, -0.2) is 4.79 Å². The summed E-state index contributed by atoms with van der Waals surface area (Å²) >= 11 is 0. The Kier molecular flexibility index (Phi) is 2.05. The molecule has 0 aromatic heterocycles. The second-order valence-corrected chi connectivity index (χ2v) is 2.20. The average Bonchev–Trinajstić information content (AvgIpc) is 1.96. The number of nitrogens with two attached hydrogens (primary N) is 1. The molecule has 0 heterocycles. The van der Waals surface area contributed by atoms with Gasteiger partial charge >= 0.3 is 6.09 Å². The van der Waals surface area contributed by atoms with Crippen molar-refractivity contribution in [2.45, 2.75) is 0 Å². The number of nitrogen functional groups attached to an aromatic ring is 1. The SMILES string of the molecule is Nc1ccc(NC(=O)O)cc1O. The third-order valence-corrected chi connectivity index (χ3v) is 1.28. The van der Waals surface area contributed by atoms with Gasteiger partial charge in [-0.15, -0.1) is 0 Å². The molecule has 1 rings (SSSR count). The molecule has 0 radical (unpaired) electrons. The van der Waals surface area contributed by atoms with Crippen LogP contribution in [0.2, 0.25) is 0 Å². The topological polar surface area (TPSA) is 95.6 Å². The molecule has 0 aliphatic heterocycles. The normalized spacial score (nSPS) is 9.33. The van der Waals surface area contributed by atoms with Gasteiger partial charge in [-0.2, -0.15) is 0 Å². The van der Waals surface area contributed by atoms with Crippen LogP contribution in [0.4, 0.5) is 16.2 Å². The summed E-state index contributed by atoms with van der Waals surface area (Å²) in [7, 11) is 0. The van der Waals surface area contributed by atoms with E-state index in [1.165, 1.54) is 18.2 Å². The Morgan fingerprint density at radius 1 is 1.50 bits per heavy atom. The Balaban J connectivity index is 2.89. The minimum Gasteiger partial charge on any atom is -0.506 e. The van der Waals surface area contributed by atoms with Crippen molar-refractivity contribution in [1.82, 2.24) is 0 Å². The molecule has 5 heteroatoms. The first-order valence-corrected chi connectivity index (χ1v) is 3.18. The molecule has 0 atom stereocenters. The second kappa shape index (κ2) is 3.00. The Bertz CT molecular complexity index is 312. The van der Waals surface area contributed by atoms with E-state index in [2.05, 4.69) is 5.32 Å². The van der Waals surface area contributed by atoms with Crippen LogP contribution in [0.15, 0.2) is 18.2 Å². The van der Waals surface area contributed by atoms with Crippen molar-refractivity contribution in [3.05, 3.63) is 18.2 Å². The van der Waals surface area contributed by atoms with E-state index in [-0.39, 0.29) is 17.1 Å². The van der Waals surface area contributed by atoms with E-state index in [4.69, 9.17) is 15.9 Å². The minimum atomic E-state index is -1.18. The zero-order chi connectivity index (χ0) is 9.14. The maximum atomic E-state index is 10.1. The maximum Gasteiger partial charge on any atom is 0.409 e. The maximum absolute atomic E-state index is 10.1. The lowest BCUT2D eigenvalue weighted by molar-refractivity contribution is 0.210. The Morgan fingerprint density at radius 2 is 2.17 bits per heavy atom. The Hall–Kier alpha value is -1.91. The van der Waals surface area contributed by atoms with Gasteiger partial charge in [0.2, 0.25) is 0 Å². The number of hydrogen-bond donors (Lipinski definition) is 4. The van der Waals surface area contributed by atoms with Crippen LogP contribution in [0.5, 0.6) is 5.75 Å². The number of hydrogen-bond acceptors (Lipinski definition) is 3. The molecule has 12 heavy (non-hydrogen) atoms. The van der Waals surface area contributed by atoms with E-state index < -0.39 is 6.09 Å². The number of carbonyl (C=O) groups is 1. The van der Waals surface area contributed by atoms with Gasteiger partial charge in [0.25, 0.3) is 0 Å². The zero-order valence-electron chi connectivity index (χ0n) is 6.11. The smallest absolute Gasteiger partial charge is 0.409 e. The molecule has 5 nitrogen and oxygen atoms in total. The molecule has 0 saturated heterocycles. The molecule has 1 aromatic rings. The standard InChI is InChI=1S/C7H8N2O3/c8-5-2-1-4(3-6(5)10)9-7(11)12/h1-3,9-10H,8H2,(H,11,12). The van der Waals surface area contributed by atoms with Crippen molar-refractivity contribution in [1.29, 1.82) is 0 Å². The number of aromatic hydroxyl groups is 1. The molecule has 64 valence electrons. The highest BCUT2D eigenvalue weighted by Crippen LogP contribution is 2.23. The molecule has 0 aliphatic carbocycles. The average molecular weight is 168 g/mol. The Morgan fingerprint density at radius 3 is 2.67 bits per heavy atom. The molecule has 0 unspecified atom stereocenters. The number of amides is 1. The first-order chi connectivity index (χ1) is 5.59. The fourth-order valence-corrected chi connectivity index (χ4v) is 0.745. The highest BCUT2D eigenvalue weighted by molar-refractivity contribution is 5.83. The number of nitrogens with one attached hydrogen (secondary N) is 1. The van der Waals surface area contributed by atoms with E-state index in [9.17, 15) is 4.79 Å². The highest BCUT2D eigenvalue weighted by Gasteiger charge is 2.00. The van der Waals surface area contributed by atoms with Crippen molar-refractivity contribution in [3.63, 3.8) is 0 Å². The lowest BCUT2D eigenvalue weighted by atomic mass is 10.2.